The van der Waals surface area contributed by atoms with Gasteiger partial charge < -0.3 is 24.4 Å². The maximum absolute atomic E-state index is 15.2. The van der Waals surface area contributed by atoms with Crippen LogP contribution in [0.3, 0.4) is 0 Å². The molecule has 1 aromatic heterocycles. The third kappa shape index (κ3) is 7.44. The number of hydrogen-bond donors (Lipinski definition) is 1. The number of piperazine rings is 1. The molecule has 3 aliphatic heterocycles. The molecule has 3 aliphatic rings. The molecule has 4 heterocycles. The number of ether oxygens (including phenoxy) is 2. The normalized spacial score (nSPS) is 21.5. The fourth-order valence-electron chi connectivity index (χ4n) is 6.02. The van der Waals surface area contributed by atoms with E-state index in [1.165, 1.54) is 28.3 Å². The van der Waals surface area contributed by atoms with Crippen molar-refractivity contribution in [1.29, 1.82) is 5.26 Å². The van der Waals surface area contributed by atoms with Gasteiger partial charge >= 0.3 is 0 Å². The molecule has 13 nitrogen and oxygen atoms in total. The fourth-order valence-corrected chi connectivity index (χ4v) is 6.02. The number of amides is 1. The second kappa shape index (κ2) is 14.8. The largest absolute Gasteiger partial charge is 0.486 e. The molecule has 0 saturated carbocycles. The number of carbonyl (C=O) groups is 1. The number of alkyl halides is 1. The molecule has 3 aromatic rings. The number of aryl methyl sites for hydroxylation is 1. The van der Waals surface area contributed by atoms with E-state index in [0.717, 1.165) is 50.8 Å². The van der Waals surface area contributed by atoms with Crippen LogP contribution in [-0.4, -0.2) is 120 Å². The average molecular weight is 656 g/mol. The lowest BCUT2D eigenvalue weighted by molar-refractivity contribution is -0.144. The first-order valence-corrected chi connectivity index (χ1v) is 15.9. The van der Waals surface area contributed by atoms with Crippen LogP contribution in [0.4, 0.5) is 15.8 Å². The van der Waals surface area contributed by atoms with Gasteiger partial charge in [0, 0.05) is 69.2 Å². The highest BCUT2D eigenvalue weighted by Crippen LogP contribution is 2.28. The Bertz CT molecular complexity index is 1710. The van der Waals surface area contributed by atoms with E-state index in [-0.39, 0.29) is 36.7 Å². The summed E-state index contributed by atoms with van der Waals surface area (Å²) in [6.07, 6.45) is 0.691. The maximum Gasteiger partial charge on any atom is 0.256 e. The van der Waals surface area contributed by atoms with E-state index in [1.807, 2.05) is 12.1 Å². The van der Waals surface area contributed by atoms with Gasteiger partial charge in [-0.3, -0.25) is 14.4 Å². The lowest BCUT2D eigenvalue weighted by atomic mass is 10.0. The molecular weight excluding hydrogens is 617 g/mol. The van der Waals surface area contributed by atoms with Crippen molar-refractivity contribution in [2.75, 3.05) is 57.4 Å². The first-order valence-electron chi connectivity index (χ1n) is 15.9. The molecule has 14 heteroatoms. The van der Waals surface area contributed by atoms with Gasteiger partial charge in [0.1, 0.15) is 24.3 Å². The molecule has 48 heavy (non-hydrogen) atoms. The number of aliphatic hydroxyl groups is 1. The third-order valence-electron chi connectivity index (χ3n) is 8.91. The molecule has 1 amide bonds. The van der Waals surface area contributed by atoms with Crippen molar-refractivity contribution >= 4 is 36.2 Å². The van der Waals surface area contributed by atoms with E-state index < -0.39 is 24.3 Å². The third-order valence-corrected chi connectivity index (χ3v) is 8.91. The van der Waals surface area contributed by atoms with Gasteiger partial charge in [0.2, 0.25) is 0 Å². The summed E-state index contributed by atoms with van der Waals surface area (Å²) in [5, 5.41) is 24.2. The summed E-state index contributed by atoms with van der Waals surface area (Å²) in [6.45, 7) is 9.23. The number of likely N-dealkylation sites (tertiary alicyclic amines) is 1. The smallest absolute Gasteiger partial charge is 0.256 e. The monoisotopic (exact) mass is 655 g/mol. The molecule has 3 fully saturated rings. The number of carbonyl (C=O) groups excluding carboxylic acids is 1. The summed E-state index contributed by atoms with van der Waals surface area (Å²) in [5.41, 5.74) is 2.92. The molecule has 0 aliphatic carbocycles. The van der Waals surface area contributed by atoms with Gasteiger partial charge in [0.15, 0.2) is 18.1 Å². The van der Waals surface area contributed by atoms with Crippen LogP contribution in [0.1, 0.15) is 29.2 Å². The van der Waals surface area contributed by atoms with Crippen LogP contribution in [0.25, 0.3) is 0 Å². The van der Waals surface area contributed by atoms with Gasteiger partial charge in [-0.05, 0) is 49.2 Å². The first-order chi connectivity index (χ1) is 23.3. The molecule has 3 atom stereocenters. The van der Waals surface area contributed by atoms with Crippen molar-refractivity contribution in [1.82, 2.24) is 19.6 Å². The molecule has 6 rings (SSSR count). The predicted octanol–water partition coefficient (Wildman–Crippen LogP) is 2.67. The van der Waals surface area contributed by atoms with Crippen molar-refractivity contribution in [2.24, 2.45) is 22.0 Å². The lowest BCUT2D eigenvalue weighted by Gasteiger charge is -2.43. The predicted molar refractivity (Wildman–Crippen MR) is 179 cm³/mol. The molecule has 0 bridgehead atoms. The molecule has 2 aromatic carbocycles. The molecule has 0 radical (unpaired) electrons. The van der Waals surface area contributed by atoms with Crippen LogP contribution < -0.4 is 9.64 Å². The number of halogens is 1. The summed E-state index contributed by atoms with van der Waals surface area (Å²) in [4.78, 5) is 31.7. The van der Waals surface area contributed by atoms with Crippen molar-refractivity contribution in [2.45, 2.75) is 30.8 Å². The Kier molecular flexibility index (Phi) is 10.2. The van der Waals surface area contributed by atoms with Gasteiger partial charge in [0.05, 0.1) is 43.2 Å². The van der Waals surface area contributed by atoms with E-state index in [2.05, 4.69) is 54.8 Å². The standard InChI is InChI=1S/C34H38FN9O4/c1-37-33(39-22-38-26-4-6-27(7-5-26)42-11-13-43(14-12-42)28-20-47-21-28)23-3-8-30(24(15-23)16-36)48-31-9-10-44(19-29(31)35)34(46)32(45)25-17-40-41(2)18-25/h3-8,15,17-18,22,28-29,31-32,45H,1,9-14,19-21H2,2H3/t29-,31+,32?/m1/s1. The highest BCUT2D eigenvalue weighted by molar-refractivity contribution is 6.05. The molecule has 3 saturated heterocycles. The average Bonchev–Trinajstić information content (AvgIpc) is 3.53. The summed E-state index contributed by atoms with van der Waals surface area (Å²) in [7, 11) is 1.68. The Morgan fingerprint density at radius 3 is 2.58 bits per heavy atom. The van der Waals surface area contributed by atoms with Crippen molar-refractivity contribution < 1.29 is 23.8 Å². The highest BCUT2D eigenvalue weighted by Gasteiger charge is 2.36. The number of aliphatic imine (C=N–C) groups is 3. The number of amidine groups is 1. The number of aliphatic hydroxyl groups excluding tert-OH is 1. The van der Waals surface area contributed by atoms with E-state index in [9.17, 15) is 15.2 Å². The van der Waals surface area contributed by atoms with Crippen molar-refractivity contribution in [3.8, 4) is 11.8 Å². The molecule has 0 spiro atoms. The number of benzene rings is 2. The number of anilines is 1. The van der Waals surface area contributed by atoms with Crippen LogP contribution in [0.15, 0.2) is 69.8 Å². The van der Waals surface area contributed by atoms with Crippen LogP contribution in [0.5, 0.6) is 5.75 Å². The number of aromatic nitrogens is 2. The minimum atomic E-state index is -1.52. The summed E-state index contributed by atoms with van der Waals surface area (Å²) < 4.78 is 27.9. The minimum absolute atomic E-state index is 0.177. The van der Waals surface area contributed by atoms with E-state index in [1.54, 1.807) is 25.2 Å². The fraction of sp³-hybridized carbons (Fsp3) is 0.412. The van der Waals surface area contributed by atoms with Gasteiger partial charge in [-0.25, -0.2) is 19.4 Å². The van der Waals surface area contributed by atoms with Gasteiger partial charge in [0.25, 0.3) is 5.91 Å². The first kappa shape index (κ1) is 33.0. The zero-order chi connectivity index (χ0) is 33.6. The quantitative estimate of drug-likeness (QED) is 0.274. The minimum Gasteiger partial charge on any atom is -0.486 e. The summed E-state index contributed by atoms with van der Waals surface area (Å²) in [5.74, 6) is -0.129. The molecule has 1 unspecified atom stereocenters. The second-order valence-corrected chi connectivity index (χ2v) is 12.0. The zero-order valence-electron chi connectivity index (χ0n) is 26.7. The number of rotatable bonds is 9. The van der Waals surface area contributed by atoms with E-state index in [4.69, 9.17) is 9.47 Å². The van der Waals surface area contributed by atoms with Crippen molar-refractivity contribution in [3.05, 3.63) is 71.5 Å². The van der Waals surface area contributed by atoms with Gasteiger partial charge in [-0.1, -0.05) is 0 Å². The number of hydrogen-bond acceptors (Lipinski definition) is 9. The zero-order valence-corrected chi connectivity index (χ0v) is 26.7. The number of piperidine rings is 1. The van der Waals surface area contributed by atoms with Gasteiger partial charge in [-0.2, -0.15) is 10.4 Å². The Balaban J connectivity index is 1.04. The summed E-state index contributed by atoms with van der Waals surface area (Å²) in [6, 6.07) is 15.4. The lowest BCUT2D eigenvalue weighted by Crippen LogP contribution is -2.56. The Morgan fingerprint density at radius 2 is 1.96 bits per heavy atom. The topological polar surface area (TPSA) is 144 Å². The van der Waals surface area contributed by atoms with Crippen molar-refractivity contribution in [3.63, 3.8) is 0 Å². The summed E-state index contributed by atoms with van der Waals surface area (Å²) >= 11 is 0. The van der Waals surface area contributed by atoms with Crippen LogP contribution in [0, 0.1) is 11.3 Å². The van der Waals surface area contributed by atoms with E-state index >= 15 is 4.39 Å². The number of nitrogens with zero attached hydrogens (tertiary/aromatic N) is 9. The Hall–Kier alpha value is -4.97. The van der Waals surface area contributed by atoms with Crippen LogP contribution >= 0.6 is 0 Å². The molecule has 1 N–H and O–H groups in total. The van der Waals surface area contributed by atoms with Gasteiger partial charge in [-0.15, -0.1) is 0 Å². The highest BCUT2D eigenvalue weighted by atomic mass is 19.1. The molecular formula is C34H38FN9O4. The Labute approximate surface area is 278 Å². The maximum atomic E-state index is 15.2. The van der Waals surface area contributed by atoms with Crippen LogP contribution in [-0.2, 0) is 16.6 Å². The van der Waals surface area contributed by atoms with Crippen LogP contribution in [0.2, 0.25) is 0 Å². The molecule has 250 valence electrons. The second-order valence-electron chi connectivity index (χ2n) is 12.0. The SMILES string of the molecule is C=NC(=NC=Nc1ccc(N2CCN(C3COC3)CC2)cc1)c1ccc(O[C@H]2CCN(C(=O)C(O)c3cnn(C)c3)C[C@H]2F)c(C#N)c1. The Morgan fingerprint density at radius 1 is 1.19 bits per heavy atom. The number of nitriles is 1. The van der Waals surface area contributed by atoms with E-state index in [0.29, 0.717) is 17.2 Å².